The van der Waals surface area contributed by atoms with Gasteiger partial charge in [-0.2, -0.15) is 0 Å². The van der Waals surface area contributed by atoms with Crippen molar-refractivity contribution < 1.29 is 80.2 Å². The second-order valence-corrected chi connectivity index (χ2v) is 27.4. The summed E-state index contributed by atoms with van der Waals surface area (Å²) in [7, 11) is -9.95. The number of allylic oxidation sites excluding steroid dienone is 14. The minimum atomic E-state index is -4.98. The number of unbranched alkanes of at least 4 members (excludes halogenated alkanes) is 29. The molecule has 0 spiro atoms. The molecule has 0 bridgehead atoms. The van der Waals surface area contributed by atoms with Crippen molar-refractivity contribution in [2.24, 2.45) is 0 Å². The second kappa shape index (κ2) is 67.8. The van der Waals surface area contributed by atoms with E-state index < -0.39 is 97.5 Å². The maximum Gasteiger partial charge on any atom is 0.472 e. The smallest absolute Gasteiger partial charge is 0.462 e. The predicted octanol–water partition coefficient (Wildman–Crippen LogP) is 20.7. The molecule has 0 saturated carbocycles. The molecular formula is C75H132O17P2. The third-order valence-electron chi connectivity index (χ3n) is 15.3. The Kier molecular flexibility index (Phi) is 65.1. The first-order valence-corrected chi connectivity index (χ1v) is 39.8. The Balaban J connectivity index is 5.36. The molecule has 94 heavy (non-hydrogen) atoms. The number of carbonyl (C=O) groups excluding carboxylic acids is 4. The summed E-state index contributed by atoms with van der Waals surface area (Å²) in [5.41, 5.74) is 0. The molecule has 0 rings (SSSR count). The van der Waals surface area contributed by atoms with E-state index in [9.17, 15) is 43.2 Å². The van der Waals surface area contributed by atoms with Crippen LogP contribution in [-0.4, -0.2) is 96.7 Å². The lowest BCUT2D eigenvalue weighted by Gasteiger charge is -2.21. The monoisotopic (exact) mass is 1370 g/mol. The molecule has 0 aromatic heterocycles. The van der Waals surface area contributed by atoms with Crippen LogP contribution >= 0.6 is 15.6 Å². The Morgan fingerprint density at radius 2 is 0.574 bits per heavy atom. The highest BCUT2D eigenvalue weighted by molar-refractivity contribution is 7.47. The van der Waals surface area contributed by atoms with Crippen LogP contribution < -0.4 is 0 Å². The molecule has 3 N–H and O–H groups in total. The summed E-state index contributed by atoms with van der Waals surface area (Å²) in [5.74, 6) is -2.25. The van der Waals surface area contributed by atoms with Gasteiger partial charge < -0.3 is 33.8 Å². The first kappa shape index (κ1) is 90.2. The number of ether oxygens (including phenoxy) is 4. The third kappa shape index (κ3) is 66.8. The van der Waals surface area contributed by atoms with E-state index in [0.29, 0.717) is 32.1 Å². The van der Waals surface area contributed by atoms with E-state index in [4.69, 9.17) is 37.0 Å². The van der Waals surface area contributed by atoms with Crippen LogP contribution in [0.4, 0.5) is 0 Å². The molecule has 17 nitrogen and oxygen atoms in total. The first-order chi connectivity index (χ1) is 45.7. The number of hydrogen-bond donors (Lipinski definition) is 3. The van der Waals surface area contributed by atoms with Crippen molar-refractivity contribution in [3.05, 3.63) is 85.1 Å². The zero-order valence-corrected chi connectivity index (χ0v) is 60.9. The van der Waals surface area contributed by atoms with Crippen molar-refractivity contribution in [1.29, 1.82) is 0 Å². The number of rotatable bonds is 69. The Morgan fingerprint density at radius 1 is 0.309 bits per heavy atom. The van der Waals surface area contributed by atoms with Gasteiger partial charge in [0.2, 0.25) is 0 Å². The minimum Gasteiger partial charge on any atom is -0.462 e. The van der Waals surface area contributed by atoms with Crippen LogP contribution in [-0.2, 0) is 65.4 Å². The fraction of sp³-hybridized carbons (Fsp3) is 0.760. The van der Waals surface area contributed by atoms with Crippen molar-refractivity contribution in [2.75, 3.05) is 39.6 Å². The summed E-state index contributed by atoms with van der Waals surface area (Å²) < 4.78 is 68.2. The van der Waals surface area contributed by atoms with E-state index in [-0.39, 0.29) is 25.7 Å². The lowest BCUT2D eigenvalue weighted by atomic mass is 10.0. The summed E-state index contributed by atoms with van der Waals surface area (Å²) in [6.07, 6.45) is 67.4. The number of aliphatic hydroxyl groups is 1. The maximum atomic E-state index is 13.0. The van der Waals surface area contributed by atoms with Gasteiger partial charge in [0.25, 0.3) is 0 Å². The summed E-state index contributed by atoms with van der Waals surface area (Å²) in [6.45, 7) is 4.63. The molecule has 19 heteroatoms. The van der Waals surface area contributed by atoms with Crippen LogP contribution in [0.2, 0.25) is 0 Å². The average Bonchev–Trinajstić information content (AvgIpc) is 2.15. The molecule has 0 fully saturated rings. The van der Waals surface area contributed by atoms with E-state index in [2.05, 4.69) is 101 Å². The van der Waals surface area contributed by atoms with Gasteiger partial charge in [0.05, 0.1) is 26.4 Å². The molecular weight excluding hydrogens is 1230 g/mol. The molecule has 0 aliphatic carbocycles. The Labute approximate surface area is 570 Å². The van der Waals surface area contributed by atoms with Gasteiger partial charge in [-0.05, 0) is 109 Å². The lowest BCUT2D eigenvalue weighted by molar-refractivity contribution is -0.161. The molecule has 0 aromatic rings. The Morgan fingerprint density at radius 3 is 0.947 bits per heavy atom. The molecule has 0 heterocycles. The number of phosphoric ester groups is 2. The van der Waals surface area contributed by atoms with Gasteiger partial charge in [0, 0.05) is 25.7 Å². The van der Waals surface area contributed by atoms with Gasteiger partial charge in [0.15, 0.2) is 12.2 Å². The first-order valence-electron chi connectivity index (χ1n) is 36.8. The van der Waals surface area contributed by atoms with Crippen LogP contribution in [0.25, 0.3) is 0 Å². The van der Waals surface area contributed by atoms with Gasteiger partial charge in [-0.1, -0.05) is 260 Å². The van der Waals surface area contributed by atoms with Crippen molar-refractivity contribution in [3.8, 4) is 0 Å². The highest BCUT2D eigenvalue weighted by Crippen LogP contribution is 2.45. The van der Waals surface area contributed by atoms with Crippen LogP contribution in [0.15, 0.2) is 85.1 Å². The van der Waals surface area contributed by atoms with Crippen molar-refractivity contribution in [2.45, 2.75) is 329 Å². The highest BCUT2D eigenvalue weighted by Gasteiger charge is 2.30. The fourth-order valence-electron chi connectivity index (χ4n) is 9.70. The number of phosphoric acid groups is 2. The number of hydrogen-bond acceptors (Lipinski definition) is 15. The summed E-state index contributed by atoms with van der Waals surface area (Å²) in [5, 5.41) is 10.6. The minimum absolute atomic E-state index is 0.0735. The van der Waals surface area contributed by atoms with Crippen LogP contribution in [0.5, 0.6) is 0 Å². The average molecular weight is 1370 g/mol. The Bertz CT molecular complexity index is 2120. The largest absolute Gasteiger partial charge is 0.472 e. The normalized spacial score (nSPS) is 14.5. The van der Waals surface area contributed by atoms with E-state index in [1.165, 1.54) is 96.3 Å². The zero-order valence-electron chi connectivity index (χ0n) is 59.1. The quantitative estimate of drug-likeness (QED) is 0.0169. The standard InChI is InChI=1S/C75H132O17P2/c1-5-9-13-17-21-25-29-32-33-34-35-38-41-44-48-52-56-60-73(78)86-66-71(92-75(80)62-58-54-50-46-42-37-31-27-23-19-15-11-7-3)68-90-94(83,84)88-64-69(76)63-87-93(81,82)89-67-70(91-74(79)61-57-53-49-45-39-28-24-20-16-12-8-4)65-85-72(77)59-55-51-47-43-40-36-30-26-22-18-14-10-6-2/h9,13,20-21,24-25,27,31-33,35,38,44,48,69-71,76H,5-8,10-12,14-19,22-23,26,28-30,34,36-37,39-43,45-47,49-68H2,1-4H3,(H,81,82)(H,83,84)/b13-9-,24-20-,25-21-,31-27-,33-32-,38-35-,48-44-. The molecule has 0 aliphatic heterocycles. The van der Waals surface area contributed by atoms with Gasteiger partial charge in [-0.15, -0.1) is 0 Å². The fourth-order valence-corrected chi connectivity index (χ4v) is 11.3. The molecule has 5 atom stereocenters. The van der Waals surface area contributed by atoms with Crippen molar-refractivity contribution in [3.63, 3.8) is 0 Å². The number of esters is 4. The van der Waals surface area contributed by atoms with E-state index in [1.807, 2.05) is 12.2 Å². The van der Waals surface area contributed by atoms with Gasteiger partial charge in [0.1, 0.15) is 19.3 Å². The van der Waals surface area contributed by atoms with Gasteiger partial charge in [-0.3, -0.25) is 37.3 Å². The molecule has 5 unspecified atom stereocenters. The third-order valence-corrected chi connectivity index (χ3v) is 17.2. The number of aliphatic hydroxyl groups excluding tert-OH is 1. The van der Waals surface area contributed by atoms with E-state index >= 15 is 0 Å². The van der Waals surface area contributed by atoms with Gasteiger partial charge >= 0.3 is 39.5 Å². The second-order valence-electron chi connectivity index (χ2n) is 24.5. The maximum absolute atomic E-state index is 13.0. The summed E-state index contributed by atoms with van der Waals surface area (Å²) >= 11 is 0. The topological polar surface area (TPSA) is 237 Å². The molecule has 0 aliphatic rings. The molecule has 0 radical (unpaired) electrons. The molecule has 0 aromatic carbocycles. The van der Waals surface area contributed by atoms with Crippen LogP contribution in [0.3, 0.4) is 0 Å². The number of carbonyl (C=O) groups is 4. The molecule has 544 valence electrons. The van der Waals surface area contributed by atoms with Crippen LogP contribution in [0.1, 0.15) is 310 Å². The summed E-state index contributed by atoms with van der Waals surface area (Å²) in [6, 6.07) is 0. The summed E-state index contributed by atoms with van der Waals surface area (Å²) in [4.78, 5) is 72.6. The predicted molar refractivity (Wildman–Crippen MR) is 381 cm³/mol. The van der Waals surface area contributed by atoms with Crippen molar-refractivity contribution in [1.82, 2.24) is 0 Å². The SMILES string of the molecule is CC/C=C\C/C=C\C/C=C\C/C=C\C/C=C\CCCC(=O)OCC(COP(=O)(O)OCC(O)COP(=O)(O)OCC(COC(=O)CCCCCCCCCCCCCCC)OC(=O)CCCCCCC/C=C\CCCC)OC(=O)CCCCCCC/C=C\CCCCCC. The molecule has 0 saturated heterocycles. The van der Waals surface area contributed by atoms with E-state index in [1.54, 1.807) is 0 Å². The van der Waals surface area contributed by atoms with Crippen LogP contribution in [0, 0.1) is 0 Å². The van der Waals surface area contributed by atoms with E-state index in [0.717, 1.165) is 128 Å². The highest BCUT2D eigenvalue weighted by atomic mass is 31.2. The molecule has 0 amide bonds. The van der Waals surface area contributed by atoms with Crippen molar-refractivity contribution >= 4 is 39.5 Å². The lowest BCUT2D eigenvalue weighted by Crippen LogP contribution is -2.30. The zero-order chi connectivity index (χ0) is 69.0. The Hall–Kier alpha value is -3.76. The van der Waals surface area contributed by atoms with Gasteiger partial charge in [-0.25, -0.2) is 9.13 Å².